The predicted octanol–water partition coefficient (Wildman–Crippen LogP) is 2.67. The van der Waals surface area contributed by atoms with Crippen molar-refractivity contribution in [3.8, 4) is 0 Å². The van der Waals surface area contributed by atoms with Crippen molar-refractivity contribution in [2.75, 3.05) is 20.2 Å². The minimum absolute atomic E-state index is 0.207. The Balaban J connectivity index is 1.61. The molecule has 1 aliphatic heterocycles. The number of carbonyl (C=O) groups is 2. The van der Waals surface area contributed by atoms with Gasteiger partial charge in [0, 0.05) is 19.0 Å². The molecular weight excluding hydrogens is 416 g/mol. The summed E-state index contributed by atoms with van der Waals surface area (Å²) in [6.07, 6.45) is 5.57. The summed E-state index contributed by atoms with van der Waals surface area (Å²) in [5.41, 5.74) is 2.39. The number of hydrogen-bond acceptors (Lipinski definition) is 5. The predicted molar refractivity (Wildman–Crippen MR) is 118 cm³/mol. The maximum absolute atomic E-state index is 13.1. The normalized spacial score (nSPS) is 19.0. The molecule has 172 valence electrons. The standard InChI is InChI=1S/C23H34N2O5S/c1-16(2)14-21(23(27)30-3)24-22(26)18-10-12-25(13-11-18)31(28,29)20-9-8-17-6-4-5-7-19(17)15-20/h8-9,15-16,18,21H,4-7,10-14H2,1-3H3,(H,24,26)/t21-/m0/s1. The average molecular weight is 451 g/mol. The molecule has 3 rings (SSSR count). The summed E-state index contributed by atoms with van der Waals surface area (Å²) >= 11 is 0. The first-order chi connectivity index (χ1) is 14.7. The zero-order chi connectivity index (χ0) is 22.6. The number of nitrogens with one attached hydrogen (secondary N) is 1. The van der Waals surface area contributed by atoms with E-state index in [2.05, 4.69) is 5.32 Å². The van der Waals surface area contributed by atoms with Gasteiger partial charge in [-0.15, -0.1) is 0 Å². The number of carbonyl (C=O) groups excluding carboxylic acids is 2. The van der Waals surface area contributed by atoms with Crippen molar-refractivity contribution >= 4 is 21.9 Å². The molecule has 1 heterocycles. The smallest absolute Gasteiger partial charge is 0.328 e. The summed E-state index contributed by atoms with van der Waals surface area (Å²) in [6.45, 7) is 4.55. The highest BCUT2D eigenvalue weighted by atomic mass is 32.2. The highest BCUT2D eigenvalue weighted by Gasteiger charge is 2.34. The molecule has 0 aromatic heterocycles. The van der Waals surface area contributed by atoms with Crippen LogP contribution in [0.3, 0.4) is 0 Å². The lowest BCUT2D eigenvalue weighted by atomic mass is 9.92. The number of nitrogens with zero attached hydrogens (tertiary/aromatic N) is 1. The molecule has 0 spiro atoms. The van der Waals surface area contributed by atoms with Crippen LogP contribution in [-0.2, 0) is 37.2 Å². The van der Waals surface area contributed by atoms with Crippen LogP contribution in [0.15, 0.2) is 23.1 Å². The van der Waals surface area contributed by atoms with Gasteiger partial charge in [-0.2, -0.15) is 4.31 Å². The molecule has 0 saturated carbocycles. The number of esters is 1. The lowest BCUT2D eigenvalue weighted by molar-refractivity contribution is -0.146. The summed E-state index contributed by atoms with van der Waals surface area (Å²) in [5, 5.41) is 2.81. The van der Waals surface area contributed by atoms with Crippen LogP contribution in [0.1, 0.15) is 57.1 Å². The molecule has 1 fully saturated rings. The van der Waals surface area contributed by atoms with Crippen LogP contribution in [0.2, 0.25) is 0 Å². The van der Waals surface area contributed by atoms with E-state index in [4.69, 9.17) is 4.74 Å². The molecule has 8 heteroatoms. The number of methoxy groups -OCH3 is 1. The Kier molecular flexibility index (Phi) is 7.75. The monoisotopic (exact) mass is 450 g/mol. The van der Waals surface area contributed by atoms with Crippen molar-refractivity contribution in [2.45, 2.75) is 69.7 Å². The SMILES string of the molecule is COC(=O)[C@H](CC(C)C)NC(=O)C1CCN(S(=O)(=O)c2ccc3c(c2)CCCC3)CC1. The minimum atomic E-state index is -3.57. The highest BCUT2D eigenvalue weighted by molar-refractivity contribution is 7.89. The van der Waals surface area contributed by atoms with Gasteiger partial charge < -0.3 is 10.1 Å². The van der Waals surface area contributed by atoms with Crippen LogP contribution in [0.25, 0.3) is 0 Å². The van der Waals surface area contributed by atoms with E-state index in [1.54, 1.807) is 6.07 Å². The van der Waals surface area contributed by atoms with Gasteiger partial charge in [0.2, 0.25) is 15.9 Å². The summed E-state index contributed by atoms with van der Waals surface area (Å²) in [7, 11) is -2.26. The summed E-state index contributed by atoms with van der Waals surface area (Å²) in [5.74, 6) is -0.737. The van der Waals surface area contributed by atoms with Crippen LogP contribution in [0.5, 0.6) is 0 Å². The lowest BCUT2D eigenvalue weighted by Gasteiger charge is -2.31. The highest BCUT2D eigenvalue weighted by Crippen LogP contribution is 2.28. The number of ether oxygens (including phenoxy) is 1. The van der Waals surface area contributed by atoms with Crippen molar-refractivity contribution in [2.24, 2.45) is 11.8 Å². The van der Waals surface area contributed by atoms with E-state index in [1.807, 2.05) is 26.0 Å². The number of benzene rings is 1. The van der Waals surface area contributed by atoms with E-state index in [1.165, 1.54) is 17.0 Å². The number of aryl methyl sites for hydroxylation is 2. The van der Waals surface area contributed by atoms with Gasteiger partial charge >= 0.3 is 5.97 Å². The Bertz CT molecular complexity index is 905. The Morgan fingerprint density at radius 1 is 1.13 bits per heavy atom. The van der Waals surface area contributed by atoms with Crippen LogP contribution in [-0.4, -0.2) is 50.8 Å². The number of sulfonamides is 1. The third-order valence-electron chi connectivity index (χ3n) is 6.29. The number of piperidine rings is 1. The van der Waals surface area contributed by atoms with E-state index in [9.17, 15) is 18.0 Å². The quantitative estimate of drug-likeness (QED) is 0.645. The van der Waals surface area contributed by atoms with Crippen molar-refractivity contribution in [1.82, 2.24) is 9.62 Å². The molecule has 1 aromatic carbocycles. The second kappa shape index (κ2) is 10.1. The largest absolute Gasteiger partial charge is 0.467 e. The molecule has 7 nitrogen and oxygen atoms in total. The summed E-state index contributed by atoms with van der Waals surface area (Å²) in [6, 6.07) is 4.82. The number of rotatable bonds is 7. The molecule has 2 aliphatic rings. The van der Waals surface area contributed by atoms with Gasteiger partial charge in [-0.05, 0) is 74.1 Å². The van der Waals surface area contributed by atoms with Crippen LogP contribution < -0.4 is 5.32 Å². The second-order valence-corrected chi connectivity index (χ2v) is 11.0. The first-order valence-electron chi connectivity index (χ1n) is 11.2. The first kappa shape index (κ1) is 23.7. The molecule has 1 atom stereocenters. The van der Waals surface area contributed by atoms with Crippen molar-refractivity contribution in [3.63, 3.8) is 0 Å². The zero-order valence-electron chi connectivity index (χ0n) is 18.7. The van der Waals surface area contributed by atoms with Crippen LogP contribution >= 0.6 is 0 Å². The molecule has 0 unspecified atom stereocenters. The third-order valence-corrected chi connectivity index (χ3v) is 8.19. The Morgan fingerprint density at radius 3 is 2.39 bits per heavy atom. The topological polar surface area (TPSA) is 92.8 Å². The van der Waals surface area contributed by atoms with Crippen LogP contribution in [0, 0.1) is 11.8 Å². The third kappa shape index (κ3) is 5.66. The molecule has 1 saturated heterocycles. The molecule has 1 aromatic rings. The van der Waals surface area contributed by atoms with Gasteiger partial charge in [-0.25, -0.2) is 13.2 Å². The number of fused-ring (bicyclic) bond motifs is 1. The van der Waals surface area contributed by atoms with Gasteiger partial charge in [0.25, 0.3) is 0 Å². The van der Waals surface area contributed by atoms with Crippen molar-refractivity contribution in [3.05, 3.63) is 29.3 Å². The Labute approximate surface area is 185 Å². The fourth-order valence-corrected chi connectivity index (χ4v) is 6.02. The summed E-state index contributed by atoms with van der Waals surface area (Å²) < 4.78 is 32.6. The zero-order valence-corrected chi connectivity index (χ0v) is 19.5. The van der Waals surface area contributed by atoms with Gasteiger partial charge in [-0.1, -0.05) is 19.9 Å². The second-order valence-electron chi connectivity index (χ2n) is 9.03. The summed E-state index contributed by atoms with van der Waals surface area (Å²) in [4.78, 5) is 25.0. The molecule has 0 radical (unpaired) electrons. The van der Waals surface area contributed by atoms with Gasteiger partial charge in [0.15, 0.2) is 0 Å². The van der Waals surface area contributed by atoms with Crippen molar-refractivity contribution < 1.29 is 22.7 Å². The van der Waals surface area contributed by atoms with Gasteiger partial charge in [-0.3, -0.25) is 4.79 Å². The maximum Gasteiger partial charge on any atom is 0.328 e. The van der Waals surface area contributed by atoms with E-state index >= 15 is 0 Å². The molecule has 31 heavy (non-hydrogen) atoms. The fourth-order valence-electron chi connectivity index (χ4n) is 4.49. The van der Waals surface area contributed by atoms with Gasteiger partial charge in [0.1, 0.15) is 6.04 Å². The average Bonchev–Trinajstić information content (AvgIpc) is 2.77. The van der Waals surface area contributed by atoms with Crippen LogP contribution in [0.4, 0.5) is 0 Å². The lowest BCUT2D eigenvalue weighted by Crippen LogP contribution is -2.48. The molecule has 0 bridgehead atoms. The van der Waals surface area contributed by atoms with E-state index in [-0.39, 0.29) is 17.7 Å². The van der Waals surface area contributed by atoms with Gasteiger partial charge in [0.05, 0.1) is 12.0 Å². The Hall–Kier alpha value is -1.93. The number of hydrogen-bond donors (Lipinski definition) is 1. The van der Waals surface area contributed by atoms with E-state index in [0.717, 1.165) is 31.2 Å². The minimum Gasteiger partial charge on any atom is -0.467 e. The molecule has 1 N–H and O–H groups in total. The Morgan fingerprint density at radius 2 is 1.77 bits per heavy atom. The molecular formula is C23H34N2O5S. The fraction of sp³-hybridized carbons (Fsp3) is 0.652. The van der Waals surface area contributed by atoms with Crippen molar-refractivity contribution in [1.29, 1.82) is 0 Å². The number of amides is 1. The first-order valence-corrected chi connectivity index (χ1v) is 12.7. The van der Waals surface area contributed by atoms with E-state index < -0.39 is 22.0 Å². The molecule has 1 aliphatic carbocycles. The molecule has 1 amide bonds. The van der Waals surface area contributed by atoms with E-state index in [0.29, 0.717) is 37.2 Å². The maximum atomic E-state index is 13.1.